The fraction of sp³-hybridized carbons (Fsp3) is 0. The van der Waals surface area contributed by atoms with Crippen LogP contribution in [0.25, 0.3) is 93.5 Å². The largest absolute Gasteiger partial charge is 0.264 e. The lowest BCUT2D eigenvalue weighted by Crippen LogP contribution is -1.98. The minimum atomic E-state index is 0.859. The Balaban J connectivity index is 1.09. The molecule has 0 aliphatic heterocycles. The van der Waals surface area contributed by atoms with Crippen molar-refractivity contribution in [3.63, 3.8) is 0 Å². The first kappa shape index (κ1) is 29.0. The van der Waals surface area contributed by atoms with Crippen LogP contribution < -0.4 is 0 Å². The summed E-state index contributed by atoms with van der Waals surface area (Å²) in [4.78, 5) is 6.00. The monoisotopic (exact) mass is 650 g/mol. The second-order valence-electron chi connectivity index (χ2n) is 12.9. The summed E-state index contributed by atoms with van der Waals surface area (Å²) >= 11 is 0. The zero-order chi connectivity index (χ0) is 33.7. The van der Waals surface area contributed by atoms with Crippen molar-refractivity contribution >= 4 is 43.4 Å². The van der Waals surface area contributed by atoms with Crippen molar-refractivity contribution in [2.45, 2.75) is 0 Å². The number of hydrogen-bond acceptors (Lipinski definition) is 3. The van der Waals surface area contributed by atoms with E-state index in [-0.39, 0.29) is 0 Å². The van der Waals surface area contributed by atoms with E-state index in [1.54, 1.807) is 11.0 Å². The van der Waals surface area contributed by atoms with Crippen LogP contribution in [-0.2, 0) is 0 Å². The number of nitrogens with zero attached hydrogens (tertiary/aromatic N) is 4. The minimum Gasteiger partial charge on any atom is -0.264 e. The van der Waals surface area contributed by atoms with Crippen LogP contribution in [-0.4, -0.2) is 20.0 Å². The Bertz CT molecular complexity index is 2820. The van der Waals surface area contributed by atoms with Crippen molar-refractivity contribution in [2.24, 2.45) is 0 Å². The van der Waals surface area contributed by atoms with Gasteiger partial charge >= 0.3 is 0 Å². The van der Waals surface area contributed by atoms with Crippen LogP contribution in [0.5, 0.6) is 0 Å². The van der Waals surface area contributed by atoms with Crippen LogP contribution in [0.3, 0.4) is 0 Å². The van der Waals surface area contributed by atoms with E-state index in [9.17, 15) is 0 Å². The molecule has 10 rings (SSSR count). The summed E-state index contributed by atoms with van der Waals surface area (Å²) in [5.74, 6) is 0. The van der Waals surface area contributed by atoms with Crippen molar-refractivity contribution in [3.8, 4) is 50.2 Å². The zero-order valence-corrected chi connectivity index (χ0v) is 27.6. The molecular weight excluding hydrogens is 621 g/mol. The summed E-state index contributed by atoms with van der Waals surface area (Å²) in [5.41, 5.74) is 12.1. The molecule has 0 saturated carbocycles. The van der Waals surface area contributed by atoms with Crippen molar-refractivity contribution in [1.29, 1.82) is 0 Å². The highest BCUT2D eigenvalue weighted by atomic mass is 15.5. The standard InChI is InChI=1S/C47H30N4/c1-2-11-33(12-3-1)45-38-15-5-7-17-40(38)46(41-18-8-6-16-39(41)45)34-22-20-32(21-23-34)43-29-44-47(42-19-9-4-14-37(42)43)50-51(49-44)36-26-24-31(25-27-36)35-13-10-28-48-30-35/h1-30H. The third-order valence-electron chi connectivity index (χ3n) is 9.96. The lowest BCUT2D eigenvalue weighted by Gasteiger charge is -2.18. The van der Waals surface area contributed by atoms with Gasteiger partial charge in [0.1, 0.15) is 11.0 Å². The maximum absolute atomic E-state index is 4.98. The Kier molecular flexibility index (Phi) is 6.78. The number of hydrogen-bond donors (Lipinski definition) is 0. The number of benzene rings is 8. The average Bonchev–Trinajstić information content (AvgIpc) is 3.65. The van der Waals surface area contributed by atoms with E-state index < -0.39 is 0 Å². The molecule has 0 fully saturated rings. The summed E-state index contributed by atoms with van der Waals surface area (Å²) in [6, 6.07) is 60.4. The van der Waals surface area contributed by atoms with Gasteiger partial charge in [0, 0.05) is 17.8 Å². The molecule has 10 aromatic rings. The topological polar surface area (TPSA) is 43.6 Å². The van der Waals surface area contributed by atoms with Crippen LogP contribution >= 0.6 is 0 Å². The van der Waals surface area contributed by atoms with E-state index in [4.69, 9.17) is 10.2 Å². The summed E-state index contributed by atoms with van der Waals surface area (Å²) < 4.78 is 0. The molecule has 0 bridgehead atoms. The fourth-order valence-corrected chi connectivity index (χ4v) is 7.59. The minimum absolute atomic E-state index is 0.859. The molecule has 0 unspecified atom stereocenters. The Morgan fingerprint density at radius 2 is 0.882 bits per heavy atom. The molecule has 0 radical (unpaired) electrons. The molecule has 2 heterocycles. The molecule has 0 amide bonds. The lowest BCUT2D eigenvalue weighted by atomic mass is 9.85. The Morgan fingerprint density at radius 1 is 0.373 bits per heavy atom. The predicted octanol–water partition coefficient (Wildman–Crippen LogP) is 11.9. The second-order valence-corrected chi connectivity index (χ2v) is 12.9. The van der Waals surface area contributed by atoms with Gasteiger partial charge in [-0.05, 0) is 95.7 Å². The number of rotatable bonds is 5. The molecule has 4 nitrogen and oxygen atoms in total. The SMILES string of the molecule is c1ccc(-c2c3ccccc3c(-c3ccc(-c4cc5nn(-c6ccc(-c7cccnc7)cc6)nc5c5ccccc45)cc3)c3ccccc23)cc1. The third kappa shape index (κ3) is 4.88. The van der Waals surface area contributed by atoms with Gasteiger partial charge in [0.05, 0.1) is 5.69 Å². The highest BCUT2D eigenvalue weighted by molar-refractivity contribution is 6.21. The molecule has 4 heteroatoms. The normalized spacial score (nSPS) is 11.5. The third-order valence-corrected chi connectivity index (χ3v) is 9.96. The van der Waals surface area contributed by atoms with Crippen molar-refractivity contribution < 1.29 is 0 Å². The molecule has 2 aromatic heterocycles. The van der Waals surface area contributed by atoms with E-state index >= 15 is 0 Å². The molecular formula is C47H30N4. The summed E-state index contributed by atoms with van der Waals surface area (Å²) in [6.07, 6.45) is 3.67. The number of aromatic nitrogens is 4. The predicted molar refractivity (Wildman–Crippen MR) is 211 cm³/mol. The Morgan fingerprint density at radius 3 is 1.49 bits per heavy atom. The molecule has 0 spiro atoms. The molecule has 0 atom stereocenters. The van der Waals surface area contributed by atoms with Crippen LogP contribution in [0.4, 0.5) is 0 Å². The number of fused-ring (bicyclic) bond motifs is 5. The number of pyridine rings is 1. The van der Waals surface area contributed by atoms with Gasteiger partial charge in [-0.2, -0.15) is 4.80 Å². The van der Waals surface area contributed by atoms with Crippen molar-refractivity contribution in [2.75, 3.05) is 0 Å². The van der Waals surface area contributed by atoms with E-state index in [0.717, 1.165) is 49.7 Å². The van der Waals surface area contributed by atoms with E-state index in [0.29, 0.717) is 0 Å². The highest BCUT2D eigenvalue weighted by Gasteiger charge is 2.18. The van der Waals surface area contributed by atoms with Crippen molar-refractivity contribution in [1.82, 2.24) is 20.0 Å². The summed E-state index contributed by atoms with van der Waals surface area (Å²) in [5, 5.41) is 17.2. The van der Waals surface area contributed by atoms with Gasteiger partial charge in [-0.3, -0.25) is 4.98 Å². The van der Waals surface area contributed by atoms with Gasteiger partial charge in [-0.15, -0.1) is 10.2 Å². The maximum Gasteiger partial charge on any atom is 0.121 e. The van der Waals surface area contributed by atoms with Crippen LogP contribution in [0, 0.1) is 0 Å². The van der Waals surface area contributed by atoms with Gasteiger partial charge < -0.3 is 0 Å². The summed E-state index contributed by atoms with van der Waals surface area (Å²) in [6.45, 7) is 0. The van der Waals surface area contributed by atoms with Gasteiger partial charge in [0.15, 0.2) is 0 Å². The fourth-order valence-electron chi connectivity index (χ4n) is 7.59. The first-order valence-electron chi connectivity index (χ1n) is 17.2. The van der Waals surface area contributed by atoms with E-state index in [1.807, 2.05) is 12.3 Å². The van der Waals surface area contributed by atoms with E-state index in [2.05, 4.69) is 169 Å². The van der Waals surface area contributed by atoms with Gasteiger partial charge in [0.2, 0.25) is 0 Å². The van der Waals surface area contributed by atoms with Crippen LogP contribution in [0.2, 0.25) is 0 Å². The Labute approximate surface area is 294 Å². The zero-order valence-electron chi connectivity index (χ0n) is 27.6. The molecule has 0 aliphatic carbocycles. The van der Waals surface area contributed by atoms with Crippen LogP contribution in [0.15, 0.2) is 182 Å². The first-order valence-corrected chi connectivity index (χ1v) is 17.2. The quantitative estimate of drug-likeness (QED) is 0.174. The smallest absolute Gasteiger partial charge is 0.121 e. The molecule has 0 N–H and O–H groups in total. The van der Waals surface area contributed by atoms with Gasteiger partial charge in [-0.25, -0.2) is 0 Å². The Hall–Kier alpha value is -6.91. The molecule has 0 aliphatic rings. The van der Waals surface area contributed by atoms with Crippen LogP contribution in [0.1, 0.15) is 0 Å². The molecule has 0 saturated heterocycles. The molecule has 8 aromatic carbocycles. The maximum atomic E-state index is 4.98. The molecule has 51 heavy (non-hydrogen) atoms. The average molecular weight is 651 g/mol. The highest BCUT2D eigenvalue weighted by Crippen LogP contribution is 2.44. The van der Waals surface area contributed by atoms with E-state index in [1.165, 1.54) is 43.8 Å². The first-order chi connectivity index (χ1) is 25.3. The van der Waals surface area contributed by atoms with Gasteiger partial charge in [-0.1, -0.05) is 146 Å². The summed E-state index contributed by atoms with van der Waals surface area (Å²) in [7, 11) is 0. The molecule has 238 valence electrons. The van der Waals surface area contributed by atoms with Crippen molar-refractivity contribution in [3.05, 3.63) is 182 Å². The lowest BCUT2D eigenvalue weighted by molar-refractivity contribution is 0.766. The second kappa shape index (κ2) is 11.9. The van der Waals surface area contributed by atoms with Gasteiger partial charge in [0.25, 0.3) is 0 Å².